The van der Waals surface area contributed by atoms with E-state index in [1.54, 1.807) is 41.6 Å². The SMILES string of the molecule is CC(C)c1cc(-c2cccc3cc(-c4ccc(C(=O)NCC#Cc5cc(OC6CCC(=O)NC6=O)cc(F)c5F)nc4)ncc23)cc2c1n(C)c(=O)n2C. The van der Waals surface area contributed by atoms with Gasteiger partial charge in [-0.05, 0) is 64.4 Å². The maximum atomic E-state index is 14.4. The second-order valence-electron chi connectivity index (χ2n) is 13.3. The normalized spacial score (nSPS) is 14.2. The molecule has 7 rings (SSSR count). The van der Waals surface area contributed by atoms with Crippen molar-refractivity contribution >= 4 is 39.5 Å². The van der Waals surface area contributed by atoms with E-state index in [1.165, 1.54) is 0 Å². The second-order valence-corrected chi connectivity index (χ2v) is 13.3. The van der Waals surface area contributed by atoms with Crippen LogP contribution in [0.2, 0.25) is 0 Å². The largest absolute Gasteiger partial charge is 0.480 e. The molecule has 0 spiro atoms. The Morgan fingerprint density at radius 3 is 2.56 bits per heavy atom. The molecule has 0 radical (unpaired) electrons. The summed E-state index contributed by atoms with van der Waals surface area (Å²) in [5.74, 6) is 1.09. The van der Waals surface area contributed by atoms with E-state index in [4.69, 9.17) is 9.72 Å². The van der Waals surface area contributed by atoms with Crippen molar-refractivity contribution in [3.63, 3.8) is 0 Å². The van der Waals surface area contributed by atoms with Crippen molar-refractivity contribution in [1.29, 1.82) is 0 Å². The Hall–Kier alpha value is -6.68. The average Bonchev–Trinajstić information content (AvgIpc) is 3.38. The minimum absolute atomic E-state index is 0.0595. The summed E-state index contributed by atoms with van der Waals surface area (Å²) in [6.45, 7) is 4.03. The highest BCUT2D eigenvalue weighted by Gasteiger charge is 2.29. The van der Waals surface area contributed by atoms with E-state index in [-0.39, 0.29) is 48.0 Å². The number of nitrogens with one attached hydrogen (secondary N) is 2. The van der Waals surface area contributed by atoms with Crippen LogP contribution in [0, 0.1) is 23.5 Å². The van der Waals surface area contributed by atoms with E-state index in [2.05, 4.69) is 47.4 Å². The third-order valence-electron chi connectivity index (χ3n) is 9.41. The minimum Gasteiger partial charge on any atom is -0.480 e. The zero-order chi connectivity index (χ0) is 38.3. The molecule has 54 heavy (non-hydrogen) atoms. The minimum atomic E-state index is -1.22. The molecule has 0 saturated carbocycles. The number of carbonyl (C=O) groups excluding carboxylic acids is 3. The number of hydrogen-bond donors (Lipinski definition) is 2. The Morgan fingerprint density at radius 2 is 1.81 bits per heavy atom. The van der Waals surface area contributed by atoms with Crippen LogP contribution in [0.3, 0.4) is 0 Å². The predicted molar refractivity (Wildman–Crippen MR) is 199 cm³/mol. The van der Waals surface area contributed by atoms with Gasteiger partial charge in [-0.2, -0.15) is 0 Å². The fraction of sp³-hybridized carbons (Fsp3) is 0.220. The van der Waals surface area contributed by atoms with Gasteiger partial charge in [0.15, 0.2) is 17.7 Å². The number of nitrogens with zero attached hydrogens (tertiary/aromatic N) is 4. The Balaban J connectivity index is 1.05. The highest BCUT2D eigenvalue weighted by Crippen LogP contribution is 2.35. The first kappa shape index (κ1) is 35.7. The molecule has 3 aromatic carbocycles. The molecule has 3 aromatic heterocycles. The van der Waals surface area contributed by atoms with Crippen LogP contribution in [0.1, 0.15) is 54.2 Å². The van der Waals surface area contributed by atoms with Crippen LogP contribution in [-0.4, -0.2) is 49.5 Å². The zero-order valence-electron chi connectivity index (χ0n) is 29.8. The van der Waals surface area contributed by atoms with Gasteiger partial charge >= 0.3 is 5.69 Å². The topological polar surface area (TPSA) is 137 Å². The molecule has 1 aliphatic rings. The fourth-order valence-electron chi connectivity index (χ4n) is 6.57. The first-order valence-corrected chi connectivity index (χ1v) is 17.2. The molecule has 13 heteroatoms. The molecular weight excluding hydrogens is 694 g/mol. The number of imide groups is 1. The summed E-state index contributed by atoms with van der Waals surface area (Å²) in [6.07, 6.45) is 2.49. The molecule has 11 nitrogen and oxygen atoms in total. The van der Waals surface area contributed by atoms with Gasteiger partial charge in [0, 0.05) is 56.3 Å². The number of imidazole rings is 1. The number of ether oxygens (including phenoxy) is 1. The monoisotopic (exact) mass is 728 g/mol. The van der Waals surface area contributed by atoms with Gasteiger partial charge in [0.05, 0.1) is 28.8 Å². The van der Waals surface area contributed by atoms with E-state index in [0.717, 1.165) is 50.6 Å². The Labute approximate surface area is 308 Å². The van der Waals surface area contributed by atoms with Crippen LogP contribution in [0.4, 0.5) is 8.78 Å². The summed E-state index contributed by atoms with van der Waals surface area (Å²) in [5, 5.41) is 6.62. The van der Waals surface area contributed by atoms with Crippen LogP contribution >= 0.6 is 0 Å². The Bertz CT molecular complexity index is 2640. The van der Waals surface area contributed by atoms with Crippen molar-refractivity contribution in [2.75, 3.05) is 6.54 Å². The summed E-state index contributed by atoms with van der Waals surface area (Å²) >= 11 is 0. The molecule has 1 aliphatic heterocycles. The fourth-order valence-corrected chi connectivity index (χ4v) is 6.57. The first-order valence-electron chi connectivity index (χ1n) is 17.2. The van der Waals surface area contributed by atoms with Crippen molar-refractivity contribution in [3.8, 4) is 40.0 Å². The highest BCUT2D eigenvalue weighted by atomic mass is 19.2. The summed E-state index contributed by atoms with van der Waals surface area (Å²) < 4.78 is 37.6. The quantitative estimate of drug-likeness (QED) is 0.163. The van der Waals surface area contributed by atoms with Crippen LogP contribution < -0.4 is 21.1 Å². The number of piperidine rings is 1. The van der Waals surface area contributed by atoms with Gasteiger partial charge in [-0.1, -0.05) is 43.9 Å². The Morgan fingerprint density at radius 1 is 1.00 bits per heavy atom. The summed E-state index contributed by atoms with van der Waals surface area (Å²) in [7, 11) is 3.58. The molecule has 3 amide bonds. The van der Waals surface area contributed by atoms with Gasteiger partial charge in [0.1, 0.15) is 11.4 Å². The van der Waals surface area contributed by atoms with Crippen molar-refractivity contribution in [1.82, 2.24) is 29.7 Å². The number of hydrogen-bond acceptors (Lipinski definition) is 7. The standard InChI is InChI=1S/C41H34F2N6O5/c1-22(2)29-16-26(18-34-38(29)49(4)41(53)48(34)3)28-9-5-7-23-17-33(46-21-30(23)28)25-10-11-32(45-20-25)39(51)44-14-6-8-24-15-27(19-31(42)37(24)43)54-35-12-13-36(50)47-40(35)52/h5,7,9-11,15-22,35H,12-14H2,1-4H3,(H,44,51)(H,47,50,52). The molecular formula is C41H34F2N6O5. The lowest BCUT2D eigenvalue weighted by Gasteiger charge is -2.22. The summed E-state index contributed by atoms with van der Waals surface area (Å²) in [6, 6.07) is 17.4. The van der Waals surface area contributed by atoms with Crippen LogP contribution in [0.25, 0.3) is 44.2 Å². The van der Waals surface area contributed by atoms with Gasteiger partial charge in [-0.15, -0.1) is 0 Å². The molecule has 272 valence electrons. The lowest BCUT2D eigenvalue weighted by atomic mass is 9.93. The predicted octanol–water partition coefficient (Wildman–Crippen LogP) is 5.52. The van der Waals surface area contributed by atoms with E-state index < -0.39 is 35.5 Å². The number of amides is 3. The zero-order valence-corrected chi connectivity index (χ0v) is 29.8. The number of fused-ring (bicyclic) bond motifs is 2. The number of halogens is 2. The molecule has 6 aromatic rings. The molecule has 2 N–H and O–H groups in total. The van der Waals surface area contributed by atoms with Crippen molar-refractivity contribution in [3.05, 3.63) is 112 Å². The van der Waals surface area contributed by atoms with Gasteiger partial charge in [0.25, 0.3) is 11.8 Å². The van der Waals surface area contributed by atoms with Crippen molar-refractivity contribution in [2.24, 2.45) is 14.1 Å². The van der Waals surface area contributed by atoms with Gasteiger partial charge in [-0.3, -0.25) is 38.8 Å². The second kappa shape index (κ2) is 14.4. The van der Waals surface area contributed by atoms with Crippen LogP contribution in [0.15, 0.2) is 77.9 Å². The van der Waals surface area contributed by atoms with Crippen LogP contribution in [-0.2, 0) is 23.7 Å². The molecule has 0 aliphatic carbocycles. The van der Waals surface area contributed by atoms with E-state index in [1.807, 2.05) is 36.5 Å². The van der Waals surface area contributed by atoms with Gasteiger partial charge in [0.2, 0.25) is 5.91 Å². The average molecular weight is 729 g/mol. The molecule has 0 bridgehead atoms. The molecule has 1 unspecified atom stereocenters. The molecule has 4 heterocycles. The van der Waals surface area contributed by atoms with E-state index in [0.29, 0.717) is 11.3 Å². The van der Waals surface area contributed by atoms with Crippen molar-refractivity contribution in [2.45, 2.75) is 38.7 Å². The van der Waals surface area contributed by atoms with Gasteiger partial charge in [-0.25, -0.2) is 13.6 Å². The number of aromatic nitrogens is 4. The lowest BCUT2D eigenvalue weighted by Crippen LogP contribution is -2.46. The highest BCUT2D eigenvalue weighted by molar-refractivity contribution is 6.01. The first-order chi connectivity index (χ1) is 25.9. The number of rotatable bonds is 7. The summed E-state index contributed by atoms with van der Waals surface area (Å²) in [4.78, 5) is 58.0. The Kier molecular flexibility index (Phi) is 9.51. The number of pyridine rings is 2. The number of aryl methyl sites for hydroxylation is 2. The summed E-state index contributed by atoms with van der Waals surface area (Å²) in [5.41, 5.74) is 5.91. The van der Waals surface area contributed by atoms with Crippen molar-refractivity contribution < 1.29 is 27.9 Å². The van der Waals surface area contributed by atoms with Crippen LogP contribution in [0.5, 0.6) is 5.75 Å². The number of carbonyl (C=O) groups is 3. The third-order valence-corrected chi connectivity index (χ3v) is 9.41. The smallest absolute Gasteiger partial charge is 0.328 e. The third kappa shape index (κ3) is 6.81. The van der Waals surface area contributed by atoms with Gasteiger partial charge < -0.3 is 10.1 Å². The number of benzene rings is 3. The lowest BCUT2D eigenvalue weighted by molar-refractivity contribution is -0.138. The van der Waals surface area contributed by atoms with E-state index in [9.17, 15) is 28.0 Å². The maximum absolute atomic E-state index is 14.4. The molecule has 1 atom stereocenters. The molecule has 1 saturated heterocycles. The molecule has 1 fully saturated rings. The maximum Gasteiger partial charge on any atom is 0.328 e. The van der Waals surface area contributed by atoms with E-state index >= 15 is 0 Å².